The normalized spacial score (nSPS) is 11.5. The van der Waals surface area contributed by atoms with Crippen LogP contribution in [0.15, 0.2) is 52.9 Å². The first kappa shape index (κ1) is 16.2. The largest absolute Gasteiger partial charge is 0.416 e. The van der Waals surface area contributed by atoms with Crippen LogP contribution in [0.3, 0.4) is 0 Å². The average molecular weight is 321 g/mol. The zero-order chi connectivity index (χ0) is 17.3. The molecule has 3 aromatic rings. The second-order valence-corrected chi connectivity index (χ2v) is 7.18. The molecule has 0 aliphatic heterocycles. The van der Waals surface area contributed by atoms with Crippen LogP contribution in [0.4, 0.5) is 5.69 Å². The number of rotatable bonds is 3. The van der Waals surface area contributed by atoms with Crippen molar-refractivity contribution in [3.05, 3.63) is 54.1 Å². The van der Waals surface area contributed by atoms with Gasteiger partial charge in [-0.25, -0.2) is 0 Å². The van der Waals surface area contributed by atoms with Crippen molar-refractivity contribution in [3.8, 4) is 22.9 Å². The van der Waals surface area contributed by atoms with Crippen molar-refractivity contribution in [1.29, 1.82) is 0 Å². The molecule has 0 saturated heterocycles. The lowest BCUT2D eigenvalue weighted by Crippen LogP contribution is -2.10. The molecule has 0 spiro atoms. The minimum atomic E-state index is 0.130. The molecule has 1 aromatic heterocycles. The van der Waals surface area contributed by atoms with Gasteiger partial charge in [0.15, 0.2) is 0 Å². The second-order valence-electron chi connectivity index (χ2n) is 7.18. The van der Waals surface area contributed by atoms with Crippen LogP contribution in [0.25, 0.3) is 22.9 Å². The van der Waals surface area contributed by atoms with Crippen molar-refractivity contribution in [2.24, 2.45) is 0 Å². The minimum Gasteiger partial charge on any atom is -0.416 e. The lowest BCUT2D eigenvalue weighted by molar-refractivity contribution is 0.582. The molecule has 4 nitrogen and oxygen atoms in total. The highest BCUT2D eigenvalue weighted by atomic mass is 16.4. The maximum atomic E-state index is 5.88. The molecule has 0 aliphatic carbocycles. The van der Waals surface area contributed by atoms with Crippen molar-refractivity contribution in [2.45, 2.75) is 26.2 Å². The Labute approximate surface area is 143 Å². The first-order valence-corrected chi connectivity index (χ1v) is 8.07. The molecule has 0 bridgehead atoms. The fraction of sp³-hybridized carbons (Fsp3) is 0.300. The summed E-state index contributed by atoms with van der Waals surface area (Å²) in [4.78, 5) is 2.05. The first-order valence-electron chi connectivity index (χ1n) is 8.07. The van der Waals surface area contributed by atoms with Gasteiger partial charge in [0, 0.05) is 30.9 Å². The van der Waals surface area contributed by atoms with E-state index in [1.54, 1.807) is 0 Å². The quantitative estimate of drug-likeness (QED) is 0.697. The number of hydrogen-bond donors (Lipinski definition) is 0. The highest BCUT2D eigenvalue weighted by molar-refractivity contribution is 5.63. The Morgan fingerprint density at radius 2 is 1.46 bits per heavy atom. The lowest BCUT2D eigenvalue weighted by atomic mass is 9.87. The van der Waals surface area contributed by atoms with Crippen molar-refractivity contribution in [3.63, 3.8) is 0 Å². The molecule has 0 fully saturated rings. The second kappa shape index (κ2) is 6.11. The topological polar surface area (TPSA) is 42.2 Å². The summed E-state index contributed by atoms with van der Waals surface area (Å²) in [7, 11) is 4.02. The minimum absolute atomic E-state index is 0.130. The van der Waals surface area contributed by atoms with Gasteiger partial charge in [-0.15, -0.1) is 10.2 Å². The van der Waals surface area contributed by atoms with Crippen LogP contribution in [-0.2, 0) is 5.41 Å². The van der Waals surface area contributed by atoms with E-state index in [-0.39, 0.29) is 5.41 Å². The molecule has 0 atom stereocenters. The van der Waals surface area contributed by atoms with Gasteiger partial charge in [0.2, 0.25) is 11.8 Å². The SMILES string of the molecule is CN(C)c1cccc(-c2nnc(-c3ccc(C(C)(C)C)cc3)o2)c1. The maximum Gasteiger partial charge on any atom is 0.248 e. The van der Waals surface area contributed by atoms with Gasteiger partial charge in [-0.05, 0) is 41.3 Å². The third-order valence-electron chi connectivity index (χ3n) is 4.03. The van der Waals surface area contributed by atoms with E-state index in [4.69, 9.17) is 4.42 Å². The standard InChI is InChI=1S/C20H23N3O/c1-20(2,3)16-11-9-14(10-12-16)18-21-22-19(24-18)15-7-6-8-17(13-15)23(4)5/h6-13H,1-5H3. The Kier molecular flexibility index (Phi) is 4.14. The number of aromatic nitrogens is 2. The first-order chi connectivity index (χ1) is 11.3. The van der Waals surface area contributed by atoms with Crippen molar-refractivity contribution in [2.75, 3.05) is 19.0 Å². The summed E-state index contributed by atoms with van der Waals surface area (Å²) in [5, 5.41) is 8.40. The van der Waals surface area contributed by atoms with Gasteiger partial charge in [-0.1, -0.05) is 39.0 Å². The van der Waals surface area contributed by atoms with Crippen LogP contribution >= 0.6 is 0 Å². The third kappa shape index (κ3) is 3.32. The van der Waals surface area contributed by atoms with E-state index in [1.807, 2.05) is 55.4 Å². The molecular formula is C20H23N3O. The van der Waals surface area contributed by atoms with E-state index in [0.717, 1.165) is 16.8 Å². The van der Waals surface area contributed by atoms with Crippen LogP contribution < -0.4 is 4.90 Å². The smallest absolute Gasteiger partial charge is 0.248 e. The molecule has 0 saturated carbocycles. The van der Waals surface area contributed by atoms with E-state index in [9.17, 15) is 0 Å². The fourth-order valence-electron chi connectivity index (χ4n) is 2.49. The van der Waals surface area contributed by atoms with Gasteiger partial charge >= 0.3 is 0 Å². The summed E-state index contributed by atoms with van der Waals surface area (Å²) in [5.41, 5.74) is 4.37. The Balaban J connectivity index is 1.89. The highest BCUT2D eigenvalue weighted by Crippen LogP contribution is 2.28. The molecule has 3 rings (SSSR count). The van der Waals surface area contributed by atoms with Gasteiger partial charge in [-0.2, -0.15) is 0 Å². The Morgan fingerprint density at radius 3 is 2.04 bits per heavy atom. The maximum absolute atomic E-state index is 5.88. The summed E-state index contributed by atoms with van der Waals surface area (Å²) in [6, 6.07) is 16.4. The van der Waals surface area contributed by atoms with Gasteiger partial charge in [0.25, 0.3) is 0 Å². The fourth-order valence-corrected chi connectivity index (χ4v) is 2.49. The van der Waals surface area contributed by atoms with Crippen LogP contribution in [0, 0.1) is 0 Å². The van der Waals surface area contributed by atoms with E-state index in [0.29, 0.717) is 11.8 Å². The van der Waals surface area contributed by atoms with E-state index in [1.165, 1.54) is 5.56 Å². The molecule has 0 radical (unpaired) electrons. The number of nitrogens with zero attached hydrogens (tertiary/aromatic N) is 3. The average Bonchev–Trinajstić information content (AvgIpc) is 3.04. The molecule has 4 heteroatoms. The number of benzene rings is 2. The molecule has 0 N–H and O–H groups in total. The van der Waals surface area contributed by atoms with Gasteiger partial charge in [-0.3, -0.25) is 0 Å². The van der Waals surface area contributed by atoms with Crippen molar-refractivity contribution in [1.82, 2.24) is 10.2 Å². The van der Waals surface area contributed by atoms with Crippen LogP contribution in [0.2, 0.25) is 0 Å². The number of anilines is 1. The van der Waals surface area contributed by atoms with E-state index >= 15 is 0 Å². The highest BCUT2D eigenvalue weighted by Gasteiger charge is 2.15. The van der Waals surface area contributed by atoms with Crippen LogP contribution in [0.1, 0.15) is 26.3 Å². The summed E-state index contributed by atoms with van der Waals surface area (Å²) in [5.74, 6) is 1.08. The third-order valence-corrected chi connectivity index (χ3v) is 4.03. The zero-order valence-electron chi connectivity index (χ0n) is 14.9. The molecule has 1 heterocycles. The van der Waals surface area contributed by atoms with E-state index < -0.39 is 0 Å². The van der Waals surface area contributed by atoms with Gasteiger partial charge in [0.05, 0.1) is 0 Å². The van der Waals surface area contributed by atoms with E-state index in [2.05, 4.69) is 43.1 Å². The predicted molar refractivity (Wildman–Crippen MR) is 98.2 cm³/mol. The molecule has 0 amide bonds. The molecular weight excluding hydrogens is 298 g/mol. The molecule has 0 aliphatic rings. The summed E-state index contributed by atoms with van der Waals surface area (Å²) >= 11 is 0. The zero-order valence-corrected chi connectivity index (χ0v) is 14.9. The molecule has 2 aromatic carbocycles. The Hall–Kier alpha value is -2.62. The molecule has 0 unspecified atom stereocenters. The summed E-state index contributed by atoms with van der Waals surface area (Å²) < 4.78 is 5.88. The van der Waals surface area contributed by atoms with Crippen molar-refractivity contribution < 1.29 is 4.42 Å². The molecule has 24 heavy (non-hydrogen) atoms. The number of hydrogen-bond acceptors (Lipinski definition) is 4. The van der Waals surface area contributed by atoms with Crippen LogP contribution in [-0.4, -0.2) is 24.3 Å². The molecule has 124 valence electrons. The lowest BCUT2D eigenvalue weighted by Gasteiger charge is -2.18. The summed E-state index contributed by atoms with van der Waals surface area (Å²) in [6.07, 6.45) is 0. The predicted octanol–water partition coefficient (Wildman–Crippen LogP) is 4.77. The monoisotopic (exact) mass is 321 g/mol. The van der Waals surface area contributed by atoms with Gasteiger partial charge in [0.1, 0.15) is 0 Å². The van der Waals surface area contributed by atoms with Gasteiger partial charge < -0.3 is 9.32 Å². The van der Waals surface area contributed by atoms with Crippen molar-refractivity contribution >= 4 is 5.69 Å². The Morgan fingerprint density at radius 1 is 0.833 bits per heavy atom. The summed E-state index contributed by atoms with van der Waals surface area (Å²) in [6.45, 7) is 6.60. The van der Waals surface area contributed by atoms with Crippen LogP contribution in [0.5, 0.6) is 0 Å². The Bertz CT molecular complexity index is 827.